The Bertz CT molecular complexity index is 471. The molecule has 1 amide bonds. The van der Waals surface area contributed by atoms with Gasteiger partial charge in [0.25, 0.3) is 5.91 Å². The number of nitrogens with zero attached hydrogens (tertiary/aromatic N) is 2. The zero-order chi connectivity index (χ0) is 13.9. The minimum Gasteiger partial charge on any atom is -0.502 e. The molecule has 0 radical (unpaired) electrons. The van der Waals surface area contributed by atoms with Gasteiger partial charge in [0.05, 0.1) is 10.5 Å². The fraction of sp³-hybridized carbons (Fsp3) is 0.417. The van der Waals surface area contributed by atoms with Crippen LogP contribution in [0.25, 0.3) is 0 Å². The van der Waals surface area contributed by atoms with Crippen LogP contribution in [-0.4, -0.2) is 34.4 Å². The predicted molar refractivity (Wildman–Crippen MR) is 66.6 cm³/mol. The molecule has 18 heavy (non-hydrogen) atoms. The molecule has 0 unspecified atom stereocenters. The maximum atomic E-state index is 12.0. The minimum absolute atomic E-state index is 0.0487. The number of benzene rings is 1. The highest BCUT2D eigenvalue weighted by atomic mass is 16.6. The summed E-state index contributed by atoms with van der Waals surface area (Å²) in [6.45, 7) is 4.43. The van der Waals surface area contributed by atoms with E-state index in [1.807, 2.05) is 13.8 Å². The van der Waals surface area contributed by atoms with Crippen LogP contribution in [0.1, 0.15) is 24.2 Å². The molecule has 1 N–H and O–H groups in total. The average Bonchev–Trinajstić information content (AvgIpc) is 2.27. The molecule has 0 aliphatic heterocycles. The van der Waals surface area contributed by atoms with Crippen LogP contribution in [0.2, 0.25) is 0 Å². The van der Waals surface area contributed by atoms with Crippen molar-refractivity contribution in [1.29, 1.82) is 0 Å². The van der Waals surface area contributed by atoms with Crippen LogP contribution in [-0.2, 0) is 0 Å². The fourth-order valence-electron chi connectivity index (χ4n) is 1.69. The summed E-state index contributed by atoms with van der Waals surface area (Å²) in [6, 6.07) is 3.92. The normalized spacial score (nSPS) is 10.4. The summed E-state index contributed by atoms with van der Waals surface area (Å²) in [4.78, 5) is 23.4. The number of carbonyl (C=O) groups is 1. The fourth-order valence-corrected chi connectivity index (χ4v) is 1.69. The van der Waals surface area contributed by atoms with Crippen molar-refractivity contribution in [2.75, 3.05) is 13.6 Å². The van der Waals surface area contributed by atoms with Crippen LogP contribution in [0.5, 0.6) is 5.75 Å². The van der Waals surface area contributed by atoms with E-state index >= 15 is 0 Å². The molecule has 0 aliphatic carbocycles. The lowest BCUT2D eigenvalue weighted by atomic mass is 10.1. The van der Waals surface area contributed by atoms with Crippen LogP contribution in [0.3, 0.4) is 0 Å². The smallest absolute Gasteiger partial charge is 0.311 e. The van der Waals surface area contributed by atoms with Crippen molar-refractivity contribution in [3.05, 3.63) is 33.9 Å². The van der Waals surface area contributed by atoms with E-state index in [0.29, 0.717) is 6.54 Å². The Hall–Kier alpha value is -2.11. The Morgan fingerprint density at radius 1 is 1.50 bits per heavy atom. The van der Waals surface area contributed by atoms with E-state index in [9.17, 15) is 20.0 Å². The summed E-state index contributed by atoms with van der Waals surface area (Å²) in [6.07, 6.45) is 0. The molecule has 1 aromatic rings. The highest BCUT2D eigenvalue weighted by molar-refractivity contribution is 5.97. The van der Waals surface area contributed by atoms with Gasteiger partial charge in [-0.2, -0.15) is 0 Å². The van der Waals surface area contributed by atoms with Gasteiger partial charge in [0.15, 0.2) is 0 Å². The third-order valence-corrected chi connectivity index (χ3v) is 2.43. The lowest BCUT2D eigenvalue weighted by molar-refractivity contribution is -0.385. The molecule has 0 saturated heterocycles. The molecule has 0 aromatic heterocycles. The largest absolute Gasteiger partial charge is 0.502 e. The SMILES string of the molecule is CC(C)CN(C)C(=O)c1cccc([N+](=O)[O-])c1O. The number of hydrogen-bond donors (Lipinski definition) is 1. The lowest BCUT2D eigenvalue weighted by Crippen LogP contribution is -2.30. The van der Waals surface area contributed by atoms with Crippen molar-refractivity contribution in [3.63, 3.8) is 0 Å². The van der Waals surface area contributed by atoms with E-state index in [-0.39, 0.29) is 11.5 Å². The molecule has 0 atom stereocenters. The summed E-state index contributed by atoms with van der Waals surface area (Å²) in [5.74, 6) is -0.729. The minimum atomic E-state index is -0.714. The van der Waals surface area contributed by atoms with Crippen molar-refractivity contribution in [3.8, 4) is 5.75 Å². The lowest BCUT2D eigenvalue weighted by Gasteiger charge is -2.19. The van der Waals surface area contributed by atoms with Gasteiger partial charge in [-0.15, -0.1) is 0 Å². The number of nitro benzene ring substituents is 1. The van der Waals surface area contributed by atoms with Crippen molar-refractivity contribution < 1.29 is 14.8 Å². The van der Waals surface area contributed by atoms with Crippen molar-refractivity contribution >= 4 is 11.6 Å². The highest BCUT2D eigenvalue weighted by Gasteiger charge is 2.23. The Morgan fingerprint density at radius 3 is 2.61 bits per heavy atom. The molecule has 6 nitrogen and oxygen atoms in total. The molecule has 0 aliphatic rings. The van der Waals surface area contributed by atoms with Crippen LogP contribution >= 0.6 is 0 Å². The molecule has 0 bridgehead atoms. The van der Waals surface area contributed by atoms with Gasteiger partial charge in [-0.25, -0.2) is 0 Å². The van der Waals surface area contributed by atoms with E-state index in [0.717, 1.165) is 6.07 Å². The molecule has 6 heteroatoms. The molecule has 98 valence electrons. The molecule has 0 fully saturated rings. The Morgan fingerprint density at radius 2 is 2.11 bits per heavy atom. The second-order valence-corrected chi connectivity index (χ2v) is 4.51. The third-order valence-electron chi connectivity index (χ3n) is 2.43. The maximum absolute atomic E-state index is 12.0. The first-order valence-electron chi connectivity index (χ1n) is 5.56. The number of nitro groups is 1. The first kappa shape index (κ1) is 14.0. The number of amides is 1. The molecule has 1 rings (SSSR count). The second kappa shape index (κ2) is 5.48. The Balaban J connectivity index is 3.07. The van der Waals surface area contributed by atoms with Gasteiger partial charge in [0.1, 0.15) is 0 Å². The number of phenols is 1. The average molecular weight is 252 g/mol. The maximum Gasteiger partial charge on any atom is 0.311 e. The molecule has 0 heterocycles. The van der Waals surface area contributed by atoms with E-state index in [1.165, 1.54) is 17.0 Å². The van der Waals surface area contributed by atoms with Crippen molar-refractivity contribution in [2.45, 2.75) is 13.8 Å². The van der Waals surface area contributed by atoms with E-state index in [1.54, 1.807) is 7.05 Å². The van der Waals surface area contributed by atoms with Crippen molar-refractivity contribution in [1.82, 2.24) is 4.90 Å². The van der Waals surface area contributed by atoms with E-state index in [4.69, 9.17) is 0 Å². The molecular weight excluding hydrogens is 236 g/mol. The predicted octanol–water partition coefficient (Wildman–Crippen LogP) is 2.03. The van der Waals surface area contributed by atoms with Gasteiger partial charge in [0.2, 0.25) is 5.75 Å². The topological polar surface area (TPSA) is 83.7 Å². The molecule has 0 saturated carbocycles. The number of phenolic OH excluding ortho intramolecular Hbond substituents is 1. The number of para-hydroxylation sites is 1. The van der Waals surface area contributed by atoms with Crippen LogP contribution in [0.15, 0.2) is 18.2 Å². The molecule has 1 aromatic carbocycles. The number of hydrogen-bond acceptors (Lipinski definition) is 4. The van der Waals surface area contributed by atoms with Crippen LogP contribution in [0, 0.1) is 16.0 Å². The number of carbonyl (C=O) groups excluding carboxylic acids is 1. The van der Waals surface area contributed by atoms with Gasteiger partial charge in [-0.1, -0.05) is 19.9 Å². The van der Waals surface area contributed by atoms with Crippen LogP contribution in [0.4, 0.5) is 5.69 Å². The summed E-state index contributed by atoms with van der Waals surface area (Å²) in [5.41, 5.74) is -0.508. The second-order valence-electron chi connectivity index (χ2n) is 4.51. The van der Waals surface area contributed by atoms with Crippen LogP contribution < -0.4 is 0 Å². The quantitative estimate of drug-likeness (QED) is 0.656. The van der Waals surface area contributed by atoms with Crippen molar-refractivity contribution in [2.24, 2.45) is 5.92 Å². The van der Waals surface area contributed by atoms with E-state index < -0.39 is 22.3 Å². The van der Waals surface area contributed by atoms with E-state index in [2.05, 4.69) is 0 Å². The molecule has 0 spiro atoms. The molecular formula is C12H16N2O4. The first-order valence-corrected chi connectivity index (χ1v) is 5.56. The number of rotatable bonds is 4. The van der Waals surface area contributed by atoms with Gasteiger partial charge in [-0.3, -0.25) is 14.9 Å². The summed E-state index contributed by atoms with van der Waals surface area (Å²) in [5, 5.41) is 20.4. The highest BCUT2D eigenvalue weighted by Crippen LogP contribution is 2.29. The summed E-state index contributed by atoms with van der Waals surface area (Å²) in [7, 11) is 1.60. The summed E-state index contributed by atoms with van der Waals surface area (Å²) < 4.78 is 0. The Labute approximate surface area is 105 Å². The first-order chi connectivity index (χ1) is 8.34. The monoisotopic (exact) mass is 252 g/mol. The zero-order valence-corrected chi connectivity index (χ0v) is 10.6. The Kier molecular flexibility index (Phi) is 4.25. The van der Waals surface area contributed by atoms with Gasteiger partial charge < -0.3 is 10.0 Å². The van der Waals surface area contributed by atoms with Gasteiger partial charge >= 0.3 is 5.69 Å². The van der Waals surface area contributed by atoms with Gasteiger partial charge in [0, 0.05) is 19.7 Å². The standard InChI is InChI=1S/C12H16N2O4/c1-8(2)7-13(3)12(16)9-5-4-6-10(11(9)15)14(17)18/h4-6,8,15H,7H2,1-3H3. The van der Waals surface area contributed by atoms with Gasteiger partial charge in [-0.05, 0) is 12.0 Å². The summed E-state index contributed by atoms with van der Waals surface area (Å²) >= 11 is 0. The third kappa shape index (κ3) is 2.97. The number of aromatic hydroxyl groups is 1. The zero-order valence-electron chi connectivity index (χ0n) is 10.6.